The molecule has 0 radical (unpaired) electrons. The van der Waals surface area contributed by atoms with E-state index in [4.69, 9.17) is 0 Å². The van der Waals surface area contributed by atoms with Gasteiger partial charge in [-0.1, -0.05) is 6.08 Å². The van der Waals surface area contributed by atoms with Gasteiger partial charge in [-0.05, 0) is 0 Å². The molecule has 0 fully saturated rings. The van der Waals surface area contributed by atoms with Crippen molar-refractivity contribution in [2.75, 3.05) is 6.61 Å². The van der Waals surface area contributed by atoms with Crippen molar-refractivity contribution in [3.63, 3.8) is 0 Å². The average molecular weight is 189 g/mol. The molecule has 7 heteroatoms. The summed E-state index contributed by atoms with van der Waals surface area (Å²) in [4.78, 5) is 0. The maximum absolute atomic E-state index is 9.69. The topological polar surface area (TPSA) is 87.6 Å². The lowest BCUT2D eigenvalue weighted by atomic mass is 10.7. The zero-order chi connectivity index (χ0) is 8.04. The summed E-state index contributed by atoms with van der Waals surface area (Å²) in [6.07, 6.45) is 1.41. The van der Waals surface area contributed by atoms with E-state index in [0.29, 0.717) is 0 Å². The van der Waals surface area contributed by atoms with E-state index in [-0.39, 0.29) is 6.61 Å². The van der Waals surface area contributed by atoms with Crippen LogP contribution >= 0.6 is 9.03 Å². The zero-order valence-corrected chi connectivity index (χ0v) is 6.67. The highest BCUT2D eigenvalue weighted by Crippen LogP contribution is 2.16. The Morgan fingerprint density at radius 2 is 2.10 bits per heavy atom. The Bertz CT molecular complexity index is 102. The first kappa shape index (κ1) is 10.3. The van der Waals surface area contributed by atoms with Gasteiger partial charge >= 0.3 is 9.03 Å². The summed E-state index contributed by atoms with van der Waals surface area (Å²) < 4.78 is 37.2. The predicted octanol–water partition coefficient (Wildman–Crippen LogP) is -2.39. The zero-order valence-electron chi connectivity index (χ0n) is 4.91. The first-order valence-electron chi connectivity index (χ1n) is 2.13. The number of rotatable bonds is 5. The Labute approximate surface area is 61.9 Å². The lowest BCUT2D eigenvalue weighted by molar-refractivity contribution is -1.91. The molecular weight excluding hydrogens is 182 g/mol. The van der Waals surface area contributed by atoms with Crippen LogP contribution in [0.2, 0.25) is 0 Å². The van der Waals surface area contributed by atoms with Crippen LogP contribution in [0.25, 0.3) is 0 Å². The van der Waals surface area contributed by atoms with Gasteiger partial charge < -0.3 is 4.52 Å². The molecule has 0 bridgehead atoms. The minimum absolute atomic E-state index is 0.156. The fourth-order valence-electron chi connectivity index (χ4n) is 0.154. The lowest BCUT2D eigenvalue weighted by Gasteiger charge is -2.10. The van der Waals surface area contributed by atoms with Crippen molar-refractivity contribution in [3.05, 3.63) is 12.7 Å². The highest BCUT2D eigenvalue weighted by molar-refractivity contribution is 7.25. The summed E-state index contributed by atoms with van der Waals surface area (Å²) >= 11 is 0. The van der Waals surface area contributed by atoms with Crippen molar-refractivity contribution in [1.29, 1.82) is 0 Å². The van der Waals surface area contributed by atoms with Gasteiger partial charge in [0.2, 0.25) is 0 Å². The quantitative estimate of drug-likeness (QED) is 0.273. The highest BCUT2D eigenvalue weighted by Gasteiger charge is 2.16. The van der Waals surface area contributed by atoms with Crippen LogP contribution in [-0.2, 0) is 8.60 Å². The summed E-state index contributed by atoms with van der Waals surface area (Å²) in [5, 5.41) is 0. The van der Waals surface area contributed by atoms with Crippen LogP contribution in [0.1, 0.15) is 0 Å². The van der Waals surface area contributed by atoms with Crippen LogP contribution in [0, 0.1) is 10.2 Å². The molecule has 0 amide bonds. The van der Waals surface area contributed by atoms with Gasteiger partial charge in [0.1, 0.15) is 4.08 Å². The third kappa shape index (κ3) is 8.26. The third-order valence-electron chi connectivity index (χ3n) is 0.386. The van der Waals surface area contributed by atoms with Crippen molar-refractivity contribution in [1.82, 2.24) is 0 Å². The van der Waals surface area contributed by atoms with Crippen LogP contribution in [-0.4, -0.2) is 6.61 Å². The highest BCUT2D eigenvalue weighted by atomic mass is 35.7. The second-order valence-corrected chi connectivity index (χ2v) is 2.97. The van der Waals surface area contributed by atoms with Gasteiger partial charge in [-0.3, -0.25) is 0 Å². The Kier molecular flexibility index (Phi) is 5.11. The van der Waals surface area contributed by atoms with Crippen LogP contribution < -0.4 is 14.0 Å². The first-order valence-corrected chi connectivity index (χ1v) is 4.18. The Morgan fingerprint density at radius 1 is 1.50 bits per heavy atom. The number of halogens is 1. The van der Waals surface area contributed by atoms with E-state index in [9.17, 15) is 14.0 Å². The van der Waals surface area contributed by atoms with E-state index < -0.39 is 19.3 Å². The van der Waals surface area contributed by atoms with Crippen LogP contribution in [0.5, 0.6) is 0 Å². The number of hydrogen-bond donors (Lipinski definition) is 0. The van der Waals surface area contributed by atoms with Crippen LogP contribution in [0.15, 0.2) is 12.7 Å². The van der Waals surface area contributed by atoms with Crippen molar-refractivity contribution in [2.45, 2.75) is 0 Å². The monoisotopic (exact) mass is 188 g/mol. The van der Waals surface area contributed by atoms with E-state index in [2.05, 4.69) is 15.2 Å². The second-order valence-electron chi connectivity index (χ2n) is 1.14. The normalized spacial score (nSPS) is 12.7. The maximum Gasteiger partial charge on any atom is 0.342 e. The molecule has 60 valence electrons. The largest absolute Gasteiger partial charge is 0.342 e. The van der Waals surface area contributed by atoms with E-state index in [0.717, 1.165) is 0 Å². The van der Waals surface area contributed by atoms with E-state index >= 15 is 0 Å². The molecule has 0 saturated carbocycles. The molecule has 0 N–H and O–H groups in total. The first-order chi connectivity index (χ1) is 4.56. The fourth-order valence-corrected chi connectivity index (χ4v) is 0.826. The van der Waals surface area contributed by atoms with Gasteiger partial charge in [0, 0.05) is 0 Å². The van der Waals surface area contributed by atoms with Crippen molar-refractivity contribution >= 4 is 9.03 Å². The van der Waals surface area contributed by atoms with Gasteiger partial charge in [0.25, 0.3) is 0 Å². The molecule has 0 rings (SSSR count). The molecule has 5 nitrogen and oxygen atoms in total. The van der Waals surface area contributed by atoms with Gasteiger partial charge in [-0.15, -0.1) is 6.58 Å². The SMILES string of the molecule is C=CCOPO[Cl+3]([O-])([O-])[O-]. The minimum Gasteiger partial charge on any atom is -0.321 e. The average Bonchev–Trinajstić information content (AvgIpc) is 1.78. The third-order valence-corrected chi connectivity index (χ3v) is 1.68. The molecular formula is C3H6ClO5P. The van der Waals surface area contributed by atoms with E-state index in [1.54, 1.807) is 0 Å². The minimum atomic E-state index is -4.35. The Morgan fingerprint density at radius 3 is 2.50 bits per heavy atom. The summed E-state index contributed by atoms with van der Waals surface area (Å²) in [5.41, 5.74) is 0. The summed E-state index contributed by atoms with van der Waals surface area (Å²) in [5.74, 6) is 0. The molecule has 0 spiro atoms. The summed E-state index contributed by atoms with van der Waals surface area (Å²) in [6, 6.07) is 0. The molecule has 0 aliphatic carbocycles. The smallest absolute Gasteiger partial charge is 0.321 e. The molecule has 10 heavy (non-hydrogen) atoms. The molecule has 0 saturated heterocycles. The van der Waals surface area contributed by atoms with E-state index in [1.165, 1.54) is 6.08 Å². The molecule has 1 atom stereocenters. The van der Waals surface area contributed by atoms with Gasteiger partial charge in [-0.2, -0.15) is 14.0 Å². The molecule has 0 aromatic rings. The Hall–Kier alpha value is 0.260. The molecule has 0 aliphatic heterocycles. The molecule has 0 heterocycles. The molecule has 0 aromatic heterocycles. The van der Waals surface area contributed by atoms with E-state index in [1.807, 2.05) is 0 Å². The van der Waals surface area contributed by atoms with Gasteiger partial charge in [0.05, 0.1) is 16.9 Å². The Balaban J connectivity index is 3.12. The van der Waals surface area contributed by atoms with Gasteiger partial charge in [-0.25, -0.2) is 0 Å². The molecule has 0 aliphatic rings. The van der Waals surface area contributed by atoms with Gasteiger partial charge in [0.15, 0.2) is 0 Å². The van der Waals surface area contributed by atoms with Crippen molar-refractivity contribution in [2.24, 2.45) is 0 Å². The van der Waals surface area contributed by atoms with Crippen molar-refractivity contribution < 1.29 is 32.8 Å². The molecule has 1 unspecified atom stereocenters. The summed E-state index contributed by atoms with van der Waals surface area (Å²) in [7, 11) is -5.14. The maximum atomic E-state index is 9.69. The predicted molar refractivity (Wildman–Crippen MR) is 25.5 cm³/mol. The van der Waals surface area contributed by atoms with Crippen LogP contribution in [0.3, 0.4) is 0 Å². The summed E-state index contributed by atoms with van der Waals surface area (Å²) in [6.45, 7) is 3.44. The second kappa shape index (κ2) is 4.98. The number of hydrogen-bond acceptors (Lipinski definition) is 5. The lowest BCUT2D eigenvalue weighted by Crippen LogP contribution is -2.59. The molecule has 0 aromatic carbocycles. The van der Waals surface area contributed by atoms with Crippen LogP contribution in [0.4, 0.5) is 0 Å². The fraction of sp³-hybridized carbons (Fsp3) is 0.333. The standard InChI is InChI=1S/C3H6ClO5P/c1-2-3-8-10-9-4(5,6)7/h2,10H,1,3H2. The van der Waals surface area contributed by atoms with Crippen molar-refractivity contribution in [3.8, 4) is 0 Å².